The second-order valence-electron chi connectivity index (χ2n) is 15.2. The molecule has 1 aromatic heterocycles. The molecule has 2 heteroatoms. The van der Waals surface area contributed by atoms with Crippen molar-refractivity contribution >= 4 is 21.5 Å². The van der Waals surface area contributed by atoms with Gasteiger partial charge in [0.05, 0.1) is 16.8 Å². The number of benzene rings is 9. The Bertz CT molecular complexity index is 3130. The summed E-state index contributed by atoms with van der Waals surface area (Å²) in [6.45, 7) is 0. The van der Waals surface area contributed by atoms with Crippen LogP contribution in [0.4, 0.5) is 0 Å². The number of hydrogen-bond acceptors (Lipinski definition) is 2. The van der Waals surface area contributed by atoms with Crippen molar-refractivity contribution < 1.29 is 0 Å². The highest BCUT2D eigenvalue weighted by Crippen LogP contribution is 2.65. The van der Waals surface area contributed by atoms with Crippen LogP contribution in [0.25, 0.3) is 88.8 Å². The minimum absolute atomic E-state index is 0.463. The van der Waals surface area contributed by atoms with Gasteiger partial charge in [-0.15, -0.1) is 0 Å². The SMILES string of the molecule is c1ccc(-c2ccc(-c3cc(-c4ccc5c(c4)-c4ccccc4C54c5ccc6ccccc6c5-c5c4ccc4ccccc54)nc(-c4ccccc4)n3)cc2)cc1. The average molecular weight is 723 g/mol. The van der Waals surface area contributed by atoms with Crippen molar-refractivity contribution in [1.82, 2.24) is 9.97 Å². The third-order valence-corrected chi connectivity index (χ3v) is 12.3. The molecule has 0 saturated heterocycles. The predicted octanol–water partition coefficient (Wildman–Crippen LogP) is 13.8. The monoisotopic (exact) mass is 722 g/mol. The van der Waals surface area contributed by atoms with Crippen molar-refractivity contribution in [2.45, 2.75) is 5.41 Å². The van der Waals surface area contributed by atoms with Gasteiger partial charge in [0.2, 0.25) is 0 Å². The Balaban J connectivity index is 1.08. The molecule has 2 nitrogen and oxygen atoms in total. The van der Waals surface area contributed by atoms with Gasteiger partial charge in [-0.3, -0.25) is 0 Å². The van der Waals surface area contributed by atoms with Gasteiger partial charge in [0.25, 0.3) is 0 Å². The minimum Gasteiger partial charge on any atom is -0.228 e. The standard InChI is InChI=1S/C55H34N2/c1-3-13-35(14-4-1)36-23-25-39(26-24-36)50-34-51(57-54(56-50)40-17-5-2-6-18-40)41-29-30-47-45(33-41)44-21-11-12-22-46(44)55(47)48-31-27-37-15-7-9-19-42(37)52(48)53-43-20-10-8-16-38(43)28-32-49(53)55/h1-34H. The van der Waals surface area contributed by atoms with Crippen molar-refractivity contribution in [2.75, 3.05) is 0 Å². The summed E-state index contributed by atoms with van der Waals surface area (Å²) in [4.78, 5) is 10.4. The van der Waals surface area contributed by atoms with Gasteiger partial charge in [-0.25, -0.2) is 9.97 Å². The summed E-state index contributed by atoms with van der Waals surface area (Å²) in [6, 6.07) is 75.0. The summed E-state index contributed by atoms with van der Waals surface area (Å²) in [5.41, 5.74) is 17.4. The molecule has 0 aliphatic heterocycles. The predicted molar refractivity (Wildman–Crippen MR) is 235 cm³/mol. The second kappa shape index (κ2) is 12.3. The molecule has 0 saturated carbocycles. The molecule has 0 amide bonds. The Morgan fingerprint density at radius 3 is 1.44 bits per heavy atom. The van der Waals surface area contributed by atoms with Gasteiger partial charge in [0.1, 0.15) is 0 Å². The maximum Gasteiger partial charge on any atom is 0.160 e. The zero-order valence-electron chi connectivity index (χ0n) is 31.0. The Labute approximate surface area is 331 Å². The molecule has 2 aliphatic rings. The van der Waals surface area contributed by atoms with Gasteiger partial charge in [0.15, 0.2) is 5.82 Å². The average Bonchev–Trinajstić information content (AvgIpc) is 3.77. The van der Waals surface area contributed by atoms with Crippen LogP contribution in [-0.4, -0.2) is 9.97 Å². The molecule has 264 valence electrons. The number of aromatic nitrogens is 2. The molecule has 1 spiro atoms. The van der Waals surface area contributed by atoms with Crippen molar-refractivity contribution in [3.05, 3.63) is 229 Å². The molecule has 0 unspecified atom stereocenters. The Hall–Kier alpha value is -7.42. The number of nitrogens with zero attached hydrogens (tertiary/aromatic N) is 2. The summed E-state index contributed by atoms with van der Waals surface area (Å²) in [7, 11) is 0. The van der Waals surface area contributed by atoms with Gasteiger partial charge in [-0.1, -0.05) is 194 Å². The van der Waals surface area contributed by atoms with E-state index in [2.05, 4.69) is 200 Å². The first-order chi connectivity index (χ1) is 28.3. The first kappa shape index (κ1) is 31.9. The van der Waals surface area contributed by atoms with Crippen LogP contribution in [0, 0.1) is 0 Å². The Morgan fingerprint density at radius 2 is 0.772 bits per heavy atom. The molecule has 0 radical (unpaired) electrons. The third kappa shape index (κ3) is 4.65. The van der Waals surface area contributed by atoms with Gasteiger partial charge in [-0.2, -0.15) is 0 Å². The van der Waals surface area contributed by atoms with Gasteiger partial charge in [0, 0.05) is 16.7 Å². The minimum atomic E-state index is -0.463. The van der Waals surface area contributed by atoms with Crippen molar-refractivity contribution in [3.8, 4) is 67.3 Å². The van der Waals surface area contributed by atoms with E-state index < -0.39 is 5.41 Å². The van der Waals surface area contributed by atoms with Crippen LogP contribution in [0.2, 0.25) is 0 Å². The fraction of sp³-hybridized carbons (Fsp3) is 0.0182. The van der Waals surface area contributed by atoms with E-state index in [9.17, 15) is 0 Å². The molecule has 2 aliphatic carbocycles. The lowest BCUT2D eigenvalue weighted by atomic mass is 9.70. The zero-order valence-corrected chi connectivity index (χ0v) is 31.0. The number of rotatable bonds is 4. The summed E-state index contributed by atoms with van der Waals surface area (Å²) in [6.07, 6.45) is 0. The first-order valence-electron chi connectivity index (χ1n) is 19.7. The zero-order chi connectivity index (χ0) is 37.5. The largest absolute Gasteiger partial charge is 0.228 e. The summed E-state index contributed by atoms with van der Waals surface area (Å²) >= 11 is 0. The molecule has 0 atom stereocenters. The maximum atomic E-state index is 5.26. The molecule has 0 bridgehead atoms. The molecular formula is C55H34N2. The number of fused-ring (bicyclic) bond motifs is 14. The van der Waals surface area contributed by atoms with Crippen LogP contribution in [0.5, 0.6) is 0 Å². The van der Waals surface area contributed by atoms with Crippen molar-refractivity contribution in [1.29, 1.82) is 0 Å². The number of hydrogen-bond donors (Lipinski definition) is 0. The Morgan fingerprint density at radius 1 is 0.298 bits per heavy atom. The topological polar surface area (TPSA) is 25.8 Å². The smallest absolute Gasteiger partial charge is 0.160 e. The second-order valence-corrected chi connectivity index (χ2v) is 15.2. The Kier molecular flexibility index (Phi) is 6.88. The van der Waals surface area contributed by atoms with E-state index in [0.29, 0.717) is 5.82 Å². The highest BCUT2D eigenvalue weighted by atomic mass is 14.9. The van der Waals surface area contributed by atoms with E-state index in [0.717, 1.165) is 28.1 Å². The molecule has 1 heterocycles. The highest BCUT2D eigenvalue weighted by molar-refractivity contribution is 6.13. The normalized spacial score (nSPS) is 13.1. The van der Waals surface area contributed by atoms with E-state index in [4.69, 9.17) is 9.97 Å². The van der Waals surface area contributed by atoms with E-state index >= 15 is 0 Å². The maximum absolute atomic E-state index is 5.26. The first-order valence-corrected chi connectivity index (χ1v) is 19.7. The van der Waals surface area contributed by atoms with E-state index in [1.165, 1.54) is 77.2 Å². The van der Waals surface area contributed by atoms with E-state index in [1.807, 2.05) is 6.07 Å². The molecule has 0 fully saturated rings. The lowest BCUT2D eigenvalue weighted by Gasteiger charge is -2.30. The van der Waals surface area contributed by atoms with Gasteiger partial charge >= 0.3 is 0 Å². The molecule has 9 aromatic carbocycles. The highest BCUT2D eigenvalue weighted by Gasteiger charge is 2.52. The molecule has 12 rings (SSSR count). The van der Waals surface area contributed by atoms with E-state index in [-0.39, 0.29) is 0 Å². The summed E-state index contributed by atoms with van der Waals surface area (Å²) in [5, 5.41) is 5.12. The van der Waals surface area contributed by atoms with Crippen LogP contribution in [-0.2, 0) is 5.41 Å². The van der Waals surface area contributed by atoms with Gasteiger partial charge < -0.3 is 0 Å². The van der Waals surface area contributed by atoms with Crippen LogP contribution in [0.1, 0.15) is 22.3 Å². The molecular weight excluding hydrogens is 689 g/mol. The molecule has 57 heavy (non-hydrogen) atoms. The van der Waals surface area contributed by atoms with Crippen LogP contribution in [0.15, 0.2) is 206 Å². The quantitative estimate of drug-likeness (QED) is 0.181. The summed E-state index contributed by atoms with van der Waals surface area (Å²) < 4.78 is 0. The van der Waals surface area contributed by atoms with Crippen molar-refractivity contribution in [2.24, 2.45) is 0 Å². The lowest BCUT2D eigenvalue weighted by Crippen LogP contribution is -2.25. The fourth-order valence-electron chi connectivity index (χ4n) is 9.80. The molecule has 0 N–H and O–H groups in total. The van der Waals surface area contributed by atoms with E-state index in [1.54, 1.807) is 0 Å². The van der Waals surface area contributed by atoms with Gasteiger partial charge in [-0.05, 0) is 89.3 Å². The van der Waals surface area contributed by atoms with Crippen molar-refractivity contribution in [3.63, 3.8) is 0 Å². The fourth-order valence-corrected chi connectivity index (χ4v) is 9.80. The molecule has 10 aromatic rings. The van der Waals surface area contributed by atoms with Crippen LogP contribution >= 0.6 is 0 Å². The van der Waals surface area contributed by atoms with Crippen LogP contribution < -0.4 is 0 Å². The third-order valence-electron chi connectivity index (χ3n) is 12.3. The lowest BCUT2D eigenvalue weighted by molar-refractivity contribution is 0.795. The summed E-state index contributed by atoms with van der Waals surface area (Å²) in [5.74, 6) is 0.713. The van der Waals surface area contributed by atoms with Crippen LogP contribution in [0.3, 0.4) is 0 Å².